The number of hydrogen-bond donors (Lipinski definition) is 0. The number of rotatable bonds is 5. The number of methoxy groups -OCH3 is 2. The molecule has 0 bridgehead atoms. The second-order valence-electron chi connectivity index (χ2n) is 2.56. The first-order valence-electron chi connectivity index (χ1n) is 4.08. The highest BCUT2D eigenvalue weighted by atomic mass is 16.5. The van der Waals surface area contributed by atoms with Gasteiger partial charge in [0.05, 0.1) is 14.2 Å². The number of hydrogen-bond acceptors (Lipinski definition) is 4. The van der Waals surface area contributed by atoms with Crippen molar-refractivity contribution >= 4 is 6.47 Å². The molecule has 0 amide bonds. The lowest BCUT2D eigenvalue weighted by molar-refractivity contribution is -0.129. The lowest BCUT2D eigenvalue weighted by Gasteiger charge is -2.11. The first kappa shape index (κ1) is 10.4. The normalized spacial score (nSPS) is 9.29. The van der Waals surface area contributed by atoms with Gasteiger partial charge in [-0.25, -0.2) is 0 Å². The van der Waals surface area contributed by atoms with Crippen molar-refractivity contribution in [3.05, 3.63) is 23.8 Å². The van der Waals surface area contributed by atoms with Crippen molar-refractivity contribution < 1.29 is 19.0 Å². The Kier molecular flexibility index (Phi) is 3.79. The summed E-state index contributed by atoms with van der Waals surface area (Å²) >= 11 is 0. The van der Waals surface area contributed by atoms with Gasteiger partial charge in [-0.1, -0.05) is 12.1 Å². The number of benzene rings is 1. The largest absolute Gasteiger partial charge is 0.493 e. The quantitative estimate of drug-likeness (QED) is 0.667. The van der Waals surface area contributed by atoms with Crippen LogP contribution in [0.4, 0.5) is 0 Å². The van der Waals surface area contributed by atoms with Gasteiger partial charge in [-0.3, -0.25) is 4.79 Å². The van der Waals surface area contributed by atoms with Crippen LogP contribution >= 0.6 is 0 Å². The Bertz CT molecular complexity index is 309. The van der Waals surface area contributed by atoms with E-state index in [1.54, 1.807) is 20.3 Å². The molecule has 1 aromatic carbocycles. The number of ether oxygens (including phenoxy) is 3. The molecular formula is C10H12O4. The van der Waals surface area contributed by atoms with E-state index in [1.807, 2.05) is 12.1 Å². The van der Waals surface area contributed by atoms with E-state index in [4.69, 9.17) is 9.47 Å². The Hall–Kier alpha value is -1.71. The van der Waals surface area contributed by atoms with Crippen LogP contribution in [-0.4, -0.2) is 20.7 Å². The third kappa shape index (κ3) is 2.16. The van der Waals surface area contributed by atoms with E-state index in [0.29, 0.717) is 18.0 Å². The Morgan fingerprint density at radius 2 is 2.07 bits per heavy atom. The number of carbonyl (C=O) groups excluding carboxylic acids is 1. The number of para-hydroxylation sites is 1. The van der Waals surface area contributed by atoms with Gasteiger partial charge < -0.3 is 14.2 Å². The maximum absolute atomic E-state index is 10.0. The van der Waals surface area contributed by atoms with Crippen molar-refractivity contribution in [1.82, 2.24) is 0 Å². The Morgan fingerprint density at radius 1 is 1.29 bits per heavy atom. The first-order chi connectivity index (χ1) is 6.83. The summed E-state index contributed by atoms with van der Waals surface area (Å²) in [5.74, 6) is 1.22. The van der Waals surface area contributed by atoms with Gasteiger partial charge in [0.25, 0.3) is 6.47 Å². The zero-order valence-corrected chi connectivity index (χ0v) is 8.15. The smallest absolute Gasteiger partial charge is 0.293 e. The monoisotopic (exact) mass is 196 g/mol. The summed E-state index contributed by atoms with van der Waals surface area (Å²) in [5, 5.41) is 0. The molecular weight excluding hydrogens is 184 g/mol. The van der Waals surface area contributed by atoms with Crippen LogP contribution in [0.5, 0.6) is 11.5 Å². The van der Waals surface area contributed by atoms with E-state index >= 15 is 0 Å². The summed E-state index contributed by atoms with van der Waals surface area (Å²) < 4.78 is 14.9. The molecule has 4 nitrogen and oxygen atoms in total. The molecule has 0 saturated heterocycles. The minimum atomic E-state index is 0.184. The average molecular weight is 196 g/mol. The van der Waals surface area contributed by atoms with Crippen LogP contribution in [0.3, 0.4) is 0 Å². The van der Waals surface area contributed by atoms with Gasteiger partial charge in [-0.15, -0.1) is 0 Å². The maximum Gasteiger partial charge on any atom is 0.293 e. The third-order valence-electron chi connectivity index (χ3n) is 1.79. The van der Waals surface area contributed by atoms with Crippen LogP contribution < -0.4 is 9.47 Å². The van der Waals surface area contributed by atoms with Gasteiger partial charge in [0.1, 0.15) is 6.61 Å². The van der Waals surface area contributed by atoms with Crippen molar-refractivity contribution in [2.75, 3.05) is 14.2 Å². The Morgan fingerprint density at radius 3 is 2.64 bits per heavy atom. The molecule has 0 aliphatic rings. The third-order valence-corrected chi connectivity index (χ3v) is 1.79. The molecule has 0 saturated carbocycles. The fraction of sp³-hybridized carbons (Fsp3) is 0.300. The number of carbonyl (C=O) groups is 1. The van der Waals surface area contributed by atoms with Crippen molar-refractivity contribution in [3.8, 4) is 11.5 Å². The zero-order chi connectivity index (χ0) is 10.4. The zero-order valence-electron chi connectivity index (χ0n) is 8.15. The van der Waals surface area contributed by atoms with Crippen LogP contribution in [0.25, 0.3) is 0 Å². The summed E-state index contributed by atoms with van der Waals surface area (Å²) in [6.45, 7) is 0.586. The fourth-order valence-electron chi connectivity index (χ4n) is 1.19. The molecule has 0 heterocycles. The van der Waals surface area contributed by atoms with Gasteiger partial charge in [0, 0.05) is 5.56 Å². The standard InChI is InChI=1S/C10H12O4/c1-12-9-5-3-4-8(6-14-7-11)10(9)13-2/h3-5,7H,6H2,1-2H3. The minimum absolute atomic E-state index is 0.184. The van der Waals surface area contributed by atoms with E-state index in [2.05, 4.69) is 4.74 Å². The molecule has 76 valence electrons. The molecule has 0 fully saturated rings. The van der Waals surface area contributed by atoms with Crippen molar-refractivity contribution in [2.24, 2.45) is 0 Å². The van der Waals surface area contributed by atoms with Crippen LogP contribution in [0.15, 0.2) is 18.2 Å². The highest BCUT2D eigenvalue weighted by molar-refractivity contribution is 5.47. The highest BCUT2D eigenvalue weighted by Crippen LogP contribution is 2.30. The maximum atomic E-state index is 10.0. The van der Waals surface area contributed by atoms with E-state index in [9.17, 15) is 4.79 Å². The predicted octanol–water partition coefficient (Wildman–Crippen LogP) is 1.38. The van der Waals surface area contributed by atoms with Crippen molar-refractivity contribution in [2.45, 2.75) is 6.61 Å². The summed E-state index contributed by atoms with van der Waals surface area (Å²) in [5.41, 5.74) is 0.777. The van der Waals surface area contributed by atoms with Crippen molar-refractivity contribution in [1.29, 1.82) is 0 Å². The van der Waals surface area contributed by atoms with Crippen molar-refractivity contribution in [3.63, 3.8) is 0 Å². The SMILES string of the molecule is COc1cccc(COC=O)c1OC. The summed E-state index contributed by atoms with van der Waals surface area (Å²) in [4.78, 5) is 10.0. The molecule has 0 atom stereocenters. The highest BCUT2D eigenvalue weighted by Gasteiger charge is 2.08. The van der Waals surface area contributed by atoms with E-state index < -0.39 is 0 Å². The Labute approximate surface area is 82.4 Å². The van der Waals surface area contributed by atoms with Gasteiger partial charge in [-0.2, -0.15) is 0 Å². The fourth-order valence-corrected chi connectivity index (χ4v) is 1.19. The molecule has 0 unspecified atom stereocenters. The van der Waals surface area contributed by atoms with E-state index in [-0.39, 0.29) is 6.61 Å². The van der Waals surface area contributed by atoms with Gasteiger partial charge in [-0.05, 0) is 6.07 Å². The molecule has 0 aliphatic heterocycles. The molecule has 0 spiro atoms. The topological polar surface area (TPSA) is 44.8 Å². The van der Waals surface area contributed by atoms with Crippen LogP contribution in [0.1, 0.15) is 5.56 Å². The molecule has 1 rings (SSSR count). The summed E-state index contributed by atoms with van der Waals surface area (Å²) in [7, 11) is 3.10. The van der Waals surface area contributed by atoms with Gasteiger partial charge in [0.2, 0.25) is 0 Å². The molecule has 0 radical (unpaired) electrons. The molecule has 14 heavy (non-hydrogen) atoms. The van der Waals surface area contributed by atoms with Crippen LogP contribution in [-0.2, 0) is 16.1 Å². The van der Waals surface area contributed by atoms with E-state index in [1.165, 1.54) is 0 Å². The Balaban J connectivity index is 2.95. The first-order valence-corrected chi connectivity index (χ1v) is 4.08. The summed E-state index contributed by atoms with van der Waals surface area (Å²) in [6.07, 6.45) is 0. The lowest BCUT2D eigenvalue weighted by atomic mass is 10.2. The van der Waals surface area contributed by atoms with E-state index in [0.717, 1.165) is 5.56 Å². The lowest BCUT2D eigenvalue weighted by Crippen LogP contribution is -1.97. The second-order valence-corrected chi connectivity index (χ2v) is 2.56. The van der Waals surface area contributed by atoms with Crippen LogP contribution in [0.2, 0.25) is 0 Å². The molecule has 0 aromatic heterocycles. The van der Waals surface area contributed by atoms with Gasteiger partial charge >= 0.3 is 0 Å². The molecule has 0 N–H and O–H groups in total. The predicted molar refractivity (Wildman–Crippen MR) is 50.4 cm³/mol. The second kappa shape index (κ2) is 5.11. The molecule has 1 aromatic rings. The van der Waals surface area contributed by atoms with Crippen LogP contribution in [0, 0.1) is 0 Å². The molecule has 0 aliphatic carbocycles. The van der Waals surface area contributed by atoms with Gasteiger partial charge in [0.15, 0.2) is 11.5 Å². The summed E-state index contributed by atoms with van der Waals surface area (Å²) in [6, 6.07) is 5.40. The minimum Gasteiger partial charge on any atom is -0.493 e. The average Bonchev–Trinajstić information content (AvgIpc) is 2.25. The molecule has 4 heteroatoms.